The number of aliphatic hydroxyl groups excluding tert-OH is 1. The number of methoxy groups -OCH3 is 1. The average Bonchev–Trinajstić information content (AvgIpc) is 2.70. The van der Waals surface area contributed by atoms with E-state index in [1.165, 1.54) is 0 Å². The Morgan fingerprint density at radius 3 is 2.88 bits per heavy atom. The van der Waals surface area contributed by atoms with Crippen LogP contribution in [0, 0.1) is 11.3 Å². The first kappa shape index (κ1) is 12.2. The van der Waals surface area contributed by atoms with Gasteiger partial charge in [0.1, 0.15) is 12.2 Å². The number of rotatable bonds is 2. The summed E-state index contributed by atoms with van der Waals surface area (Å²) >= 11 is 5.93. The molecule has 0 unspecified atom stereocenters. The Kier molecular flexibility index (Phi) is 3.53. The molecule has 0 aromatic heterocycles. The van der Waals surface area contributed by atoms with E-state index in [0.29, 0.717) is 23.7 Å². The Bertz CT molecular complexity index is 458. The summed E-state index contributed by atoms with van der Waals surface area (Å²) < 4.78 is 5.17. The second-order valence-corrected chi connectivity index (χ2v) is 4.46. The molecule has 1 heterocycles. The van der Waals surface area contributed by atoms with E-state index in [0.717, 1.165) is 5.69 Å². The number of aliphatic hydroxyl groups is 1. The van der Waals surface area contributed by atoms with Crippen molar-refractivity contribution >= 4 is 17.3 Å². The lowest BCUT2D eigenvalue weighted by molar-refractivity contribution is 0.0217. The van der Waals surface area contributed by atoms with E-state index in [4.69, 9.17) is 21.6 Å². The van der Waals surface area contributed by atoms with Crippen molar-refractivity contribution in [3.8, 4) is 6.07 Å². The van der Waals surface area contributed by atoms with Gasteiger partial charge in [-0.05, 0) is 18.2 Å². The summed E-state index contributed by atoms with van der Waals surface area (Å²) in [5.41, 5.74) is 1.30. The SMILES string of the molecule is CO[C@H]1CN(c2cc(Cl)ccc2C#N)C[C@@H]1O. The van der Waals surface area contributed by atoms with Gasteiger partial charge in [0.25, 0.3) is 0 Å². The normalized spacial score (nSPS) is 23.8. The van der Waals surface area contributed by atoms with E-state index in [9.17, 15) is 5.11 Å². The number of benzene rings is 1. The number of β-amino-alcohol motifs (C(OH)–C–C–N with tert-alkyl or cyclic N) is 1. The van der Waals surface area contributed by atoms with Crippen LogP contribution in [0.1, 0.15) is 5.56 Å². The van der Waals surface area contributed by atoms with Crippen molar-refractivity contribution in [1.29, 1.82) is 5.26 Å². The van der Waals surface area contributed by atoms with Crippen LogP contribution in [-0.4, -0.2) is 37.5 Å². The molecular formula is C12H13ClN2O2. The van der Waals surface area contributed by atoms with Crippen molar-refractivity contribution < 1.29 is 9.84 Å². The summed E-state index contributed by atoms with van der Waals surface area (Å²) in [6.45, 7) is 1.01. The smallest absolute Gasteiger partial charge is 0.102 e. The van der Waals surface area contributed by atoms with Gasteiger partial charge < -0.3 is 14.7 Å². The lowest BCUT2D eigenvalue weighted by atomic mass is 10.2. The molecule has 0 radical (unpaired) electrons. The third-order valence-electron chi connectivity index (χ3n) is 2.96. The van der Waals surface area contributed by atoms with Crippen molar-refractivity contribution in [1.82, 2.24) is 0 Å². The van der Waals surface area contributed by atoms with Gasteiger partial charge in [0.05, 0.1) is 17.4 Å². The van der Waals surface area contributed by atoms with E-state index in [1.807, 2.05) is 4.90 Å². The van der Waals surface area contributed by atoms with Crippen LogP contribution < -0.4 is 4.90 Å². The molecule has 90 valence electrons. The molecule has 1 aromatic carbocycles. The molecule has 2 atom stereocenters. The van der Waals surface area contributed by atoms with E-state index < -0.39 is 6.10 Å². The number of hydrogen-bond donors (Lipinski definition) is 1. The van der Waals surface area contributed by atoms with Gasteiger partial charge in [-0.2, -0.15) is 5.26 Å². The molecule has 5 heteroatoms. The minimum Gasteiger partial charge on any atom is -0.388 e. The zero-order valence-electron chi connectivity index (χ0n) is 9.43. The Hall–Kier alpha value is -1.28. The van der Waals surface area contributed by atoms with Gasteiger partial charge >= 0.3 is 0 Å². The highest BCUT2D eigenvalue weighted by Gasteiger charge is 2.32. The molecule has 2 rings (SSSR count). The van der Waals surface area contributed by atoms with E-state index in [1.54, 1.807) is 25.3 Å². The van der Waals surface area contributed by atoms with Crippen LogP contribution in [0.2, 0.25) is 5.02 Å². The first-order chi connectivity index (χ1) is 8.15. The summed E-state index contributed by atoms with van der Waals surface area (Å²) in [7, 11) is 1.57. The predicted molar refractivity (Wildman–Crippen MR) is 65.2 cm³/mol. The molecule has 0 saturated carbocycles. The highest BCUT2D eigenvalue weighted by molar-refractivity contribution is 6.30. The number of hydrogen-bond acceptors (Lipinski definition) is 4. The number of ether oxygens (including phenoxy) is 1. The molecule has 1 fully saturated rings. The quantitative estimate of drug-likeness (QED) is 0.865. The summed E-state index contributed by atoms with van der Waals surface area (Å²) in [4.78, 5) is 1.92. The zero-order chi connectivity index (χ0) is 12.4. The molecule has 0 amide bonds. The zero-order valence-corrected chi connectivity index (χ0v) is 10.2. The molecule has 1 saturated heterocycles. The minimum absolute atomic E-state index is 0.222. The topological polar surface area (TPSA) is 56.5 Å². The number of nitrogens with zero attached hydrogens (tertiary/aromatic N) is 2. The van der Waals surface area contributed by atoms with Gasteiger partial charge in [-0.3, -0.25) is 0 Å². The predicted octanol–water partition coefficient (Wildman–Crippen LogP) is 1.41. The minimum atomic E-state index is -0.537. The standard InChI is InChI=1S/C12H13ClN2O2/c1-17-12-7-15(6-11(12)16)10-4-9(13)3-2-8(10)5-14/h2-4,11-12,16H,6-7H2,1H3/t11-,12-/m0/s1. The van der Waals surface area contributed by atoms with Gasteiger partial charge in [-0.15, -0.1) is 0 Å². The van der Waals surface area contributed by atoms with Crippen LogP contribution >= 0.6 is 11.6 Å². The molecule has 1 aliphatic rings. The maximum absolute atomic E-state index is 9.77. The maximum Gasteiger partial charge on any atom is 0.102 e. The van der Waals surface area contributed by atoms with E-state index in [-0.39, 0.29) is 6.10 Å². The van der Waals surface area contributed by atoms with Crippen molar-refractivity contribution in [2.75, 3.05) is 25.1 Å². The molecule has 17 heavy (non-hydrogen) atoms. The van der Waals surface area contributed by atoms with Crippen molar-refractivity contribution in [2.24, 2.45) is 0 Å². The average molecular weight is 253 g/mol. The molecule has 0 spiro atoms. The molecule has 4 nitrogen and oxygen atoms in total. The Labute approximate surface area is 105 Å². The fraction of sp³-hybridized carbons (Fsp3) is 0.417. The largest absolute Gasteiger partial charge is 0.388 e. The fourth-order valence-electron chi connectivity index (χ4n) is 2.05. The molecule has 1 aliphatic heterocycles. The highest BCUT2D eigenvalue weighted by Crippen LogP contribution is 2.28. The first-order valence-electron chi connectivity index (χ1n) is 5.31. The van der Waals surface area contributed by atoms with E-state index in [2.05, 4.69) is 6.07 Å². The Balaban J connectivity index is 2.30. The van der Waals surface area contributed by atoms with Gasteiger partial charge in [0.2, 0.25) is 0 Å². The number of anilines is 1. The molecular weight excluding hydrogens is 240 g/mol. The van der Waals surface area contributed by atoms with E-state index >= 15 is 0 Å². The van der Waals surface area contributed by atoms with Crippen molar-refractivity contribution in [2.45, 2.75) is 12.2 Å². The Morgan fingerprint density at radius 1 is 1.53 bits per heavy atom. The summed E-state index contributed by atoms with van der Waals surface area (Å²) in [5, 5.41) is 19.4. The highest BCUT2D eigenvalue weighted by atomic mass is 35.5. The van der Waals surface area contributed by atoms with Gasteiger partial charge in [-0.1, -0.05) is 11.6 Å². The maximum atomic E-state index is 9.77. The summed E-state index contributed by atoms with van der Waals surface area (Å²) in [6, 6.07) is 7.23. The third kappa shape index (κ3) is 2.37. The lowest BCUT2D eigenvalue weighted by Crippen LogP contribution is -2.25. The fourth-order valence-corrected chi connectivity index (χ4v) is 2.21. The van der Waals surface area contributed by atoms with Crippen molar-refractivity contribution in [3.05, 3.63) is 28.8 Å². The molecule has 1 N–H and O–H groups in total. The van der Waals surface area contributed by atoms with Crippen molar-refractivity contribution in [3.63, 3.8) is 0 Å². The second-order valence-electron chi connectivity index (χ2n) is 4.02. The summed E-state index contributed by atoms with van der Waals surface area (Å²) in [5.74, 6) is 0. The first-order valence-corrected chi connectivity index (χ1v) is 5.69. The van der Waals surface area contributed by atoms with Crippen LogP contribution in [0.4, 0.5) is 5.69 Å². The molecule has 0 bridgehead atoms. The van der Waals surface area contributed by atoms with Gasteiger partial charge in [0, 0.05) is 25.2 Å². The number of nitriles is 1. The molecule has 0 aliphatic carbocycles. The monoisotopic (exact) mass is 252 g/mol. The van der Waals surface area contributed by atoms with Crippen LogP contribution in [0.25, 0.3) is 0 Å². The van der Waals surface area contributed by atoms with Crippen LogP contribution in [0.3, 0.4) is 0 Å². The second kappa shape index (κ2) is 4.92. The van der Waals surface area contributed by atoms with Crippen LogP contribution in [-0.2, 0) is 4.74 Å². The summed E-state index contributed by atoms with van der Waals surface area (Å²) in [6.07, 6.45) is -0.758. The van der Waals surface area contributed by atoms with Crippen LogP contribution in [0.15, 0.2) is 18.2 Å². The van der Waals surface area contributed by atoms with Gasteiger partial charge in [0.15, 0.2) is 0 Å². The Morgan fingerprint density at radius 2 is 2.29 bits per heavy atom. The lowest BCUT2D eigenvalue weighted by Gasteiger charge is -2.19. The third-order valence-corrected chi connectivity index (χ3v) is 3.20. The van der Waals surface area contributed by atoms with Crippen LogP contribution in [0.5, 0.6) is 0 Å². The number of halogens is 1. The molecule has 1 aromatic rings. The van der Waals surface area contributed by atoms with Gasteiger partial charge in [-0.25, -0.2) is 0 Å².